The van der Waals surface area contributed by atoms with E-state index in [-0.39, 0.29) is 12.5 Å². The highest BCUT2D eigenvalue weighted by Crippen LogP contribution is 2.10. The van der Waals surface area contributed by atoms with E-state index in [2.05, 4.69) is 15.8 Å². The fraction of sp³-hybridized carbons (Fsp3) is 0.188. The van der Waals surface area contributed by atoms with Gasteiger partial charge in [0, 0.05) is 0 Å². The molecule has 126 valence electrons. The van der Waals surface area contributed by atoms with Gasteiger partial charge in [0.1, 0.15) is 18.1 Å². The molecule has 0 bridgehead atoms. The van der Waals surface area contributed by atoms with Gasteiger partial charge in [-0.2, -0.15) is 5.10 Å². The maximum atomic E-state index is 11.7. The zero-order valence-electron chi connectivity index (χ0n) is 12.8. The van der Waals surface area contributed by atoms with Gasteiger partial charge in [0.2, 0.25) is 0 Å². The second-order valence-electron chi connectivity index (χ2n) is 4.67. The molecule has 0 saturated heterocycles. The number of furan rings is 1. The summed E-state index contributed by atoms with van der Waals surface area (Å²) in [6.07, 6.45) is 2.96. The Balaban J connectivity index is 1.73. The highest BCUT2D eigenvalue weighted by molar-refractivity contribution is 5.82. The van der Waals surface area contributed by atoms with E-state index < -0.39 is 12.5 Å². The Hall–Kier alpha value is -3.13. The van der Waals surface area contributed by atoms with Gasteiger partial charge in [0.05, 0.1) is 19.0 Å². The van der Waals surface area contributed by atoms with Crippen molar-refractivity contribution in [2.45, 2.75) is 6.54 Å². The third-order valence-electron chi connectivity index (χ3n) is 2.84. The van der Waals surface area contributed by atoms with Crippen molar-refractivity contribution in [2.24, 2.45) is 5.10 Å². The minimum Gasteiger partial charge on any atom is -0.484 e. The summed E-state index contributed by atoms with van der Waals surface area (Å²) >= 11 is 0. The van der Waals surface area contributed by atoms with E-state index in [1.807, 2.05) is 0 Å². The molecule has 1 aromatic carbocycles. The van der Waals surface area contributed by atoms with Crippen molar-refractivity contribution in [1.82, 2.24) is 10.7 Å². The van der Waals surface area contributed by atoms with Crippen LogP contribution >= 0.6 is 0 Å². The zero-order chi connectivity index (χ0) is 17.2. The van der Waals surface area contributed by atoms with Crippen molar-refractivity contribution in [3.8, 4) is 5.75 Å². The Labute approximate surface area is 138 Å². The lowest BCUT2D eigenvalue weighted by molar-refractivity contribution is -0.124. The zero-order valence-corrected chi connectivity index (χ0v) is 12.8. The highest BCUT2D eigenvalue weighted by atomic mass is 16.5. The molecule has 8 heteroatoms. The maximum Gasteiger partial charge on any atom is 0.265 e. The number of nitrogens with one attached hydrogen (secondary N) is 2. The first-order valence-corrected chi connectivity index (χ1v) is 7.12. The van der Waals surface area contributed by atoms with E-state index in [4.69, 9.17) is 14.3 Å². The van der Waals surface area contributed by atoms with Crippen LogP contribution in [-0.4, -0.2) is 36.3 Å². The Bertz CT molecular complexity index is 680. The fourth-order valence-electron chi connectivity index (χ4n) is 1.66. The van der Waals surface area contributed by atoms with Crippen molar-refractivity contribution in [2.75, 3.05) is 13.2 Å². The SMILES string of the molecule is O=C(COc1ccc(/C=N\NC(=O)CO)cc1)NCc1ccco1. The van der Waals surface area contributed by atoms with E-state index in [0.717, 1.165) is 5.56 Å². The first kappa shape index (κ1) is 17.2. The molecule has 8 nitrogen and oxygen atoms in total. The smallest absolute Gasteiger partial charge is 0.265 e. The summed E-state index contributed by atoms with van der Waals surface area (Å²) in [6.45, 7) is -0.420. The van der Waals surface area contributed by atoms with Gasteiger partial charge in [-0.3, -0.25) is 9.59 Å². The minimum absolute atomic E-state index is 0.110. The normalized spacial score (nSPS) is 10.5. The summed E-state index contributed by atoms with van der Waals surface area (Å²) < 4.78 is 10.5. The van der Waals surface area contributed by atoms with E-state index in [0.29, 0.717) is 18.1 Å². The molecule has 0 spiro atoms. The maximum absolute atomic E-state index is 11.7. The van der Waals surface area contributed by atoms with Crippen LogP contribution in [0.5, 0.6) is 5.75 Å². The molecule has 24 heavy (non-hydrogen) atoms. The van der Waals surface area contributed by atoms with E-state index in [1.54, 1.807) is 36.4 Å². The van der Waals surface area contributed by atoms with Gasteiger partial charge in [-0.1, -0.05) is 0 Å². The van der Waals surface area contributed by atoms with E-state index in [1.165, 1.54) is 12.5 Å². The molecule has 0 aliphatic heterocycles. The average Bonchev–Trinajstić information content (AvgIpc) is 3.12. The summed E-state index contributed by atoms with van der Waals surface area (Å²) in [5.41, 5.74) is 2.87. The van der Waals surface area contributed by atoms with Gasteiger partial charge in [-0.05, 0) is 42.0 Å². The fourth-order valence-corrected chi connectivity index (χ4v) is 1.66. The molecule has 0 unspecified atom stereocenters. The molecule has 2 rings (SSSR count). The topological polar surface area (TPSA) is 113 Å². The van der Waals surface area contributed by atoms with Gasteiger partial charge < -0.3 is 19.6 Å². The van der Waals surface area contributed by atoms with Crippen LogP contribution in [0.4, 0.5) is 0 Å². The number of hydrogen-bond acceptors (Lipinski definition) is 6. The predicted molar refractivity (Wildman–Crippen MR) is 85.3 cm³/mol. The van der Waals surface area contributed by atoms with Gasteiger partial charge in [0.25, 0.3) is 11.8 Å². The Morgan fingerprint density at radius 3 is 2.67 bits per heavy atom. The Kier molecular flexibility index (Phi) is 6.54. The lowest BCUT2D eigenvalue weighted by Crippen LogP contribution is -2.28. The monoisotopic (exact) mass is 331 g/mol. The second kappa shape index (κ2) is 9.11. The number of carbonyl (C=O) groups is 2. The molecule has 0 saturated carbocycles. The molecule has 3 N–H and O–H groups in total. The molecule has 0 aliphatic carbocycles. The molecule has 0 fully saturated rings. The standard InChI is InChI=1S/C16H17N3O5/c20-10-15(21)19-18-8-12-3-5-13(6-4-12)24-11-16(22)17-9-14-2-1-7-23-14/h1-8,20H,9-11H2,(H,17,22)(H,19,21)/b18-8-. The highest BCUT2D eigenvalue weighted by Gasteiger charge is 2.04. The van der Waals surface area contributed by atoms with Crippen LogP contribution in [0.3, 0.4) is 0 Å². The van der Waals surface area contributed by atoms with Gasteiger partial charge in [-0.25, -0.2) is 5.43 Å². The molecule has 2 aromatic rings. The molecule has 1 aromatic heterocycles. The number of benzene rings is 1. The van der Waals surface area contributed by atoms with Crippen LogP contribution < -0.4 is 15.5 Å². The molecular formula is C16H17N3O5. The van der Waals surface area contributed by atoms with Crippen LogP contribution in [0.1, 0.15) is 11.3 Å². The van der Waals surface area contributed by atoms with Gasteiger partial charge in [0.15, 0.2) is 6.61 Å². The van der Waals surface area contributed by atoms with Gasteiger partial charge >= 0.3 is 0 Å². The third kappa shape index (κ3) is 5.93. The summed E-state index contributed by atoms with van der Waals surface area (Å²) in [5.74, 6) is 0.343. The van der Waals surface area contributed by atoms with Crippen molar-refractivity contribution in [3.63, 3.8) is 0 Å². The second-order valence-corrected chi connectivity index (χ2v) is 4.67. The summed E-state index contributed by atoms with van der Waals surface area (Å²) in [7, 11) is 0. The van der Waals surface area contributed by atoms with E-state index in [9.17, 15) is 9.59 Å². The molecule has 0 atom stereocenters. The molecular weight excluding hydrogens is 314 g/mol. The molecule has 2 amide bonds. The van der Waals surface area contributed by atoms with Crippen LogP contribution in [0.2, 0.25) is 0 Å². The van der Waals surface area contributed by atoms with Crippen molar-refractivity contribution < 1.29 is 23.8 Å². The lowest BCUT2D eigenvalue weighted by atomic mass is 10.2. The summed E-state index contributed by atoms with van der Waals surface area (Å²) in [6, 6.07) is 10.3. The quantitative estimate of drug-likeness (QED) is 0.479. The minimum atomic E-state index is -0.619. The lowest BCUT2D eigenvalue weighted by Gasteiger charge is -2.06. The number of ether oxygens (including phenoxy) is 1. The van der Waals surface area contributed by atoms with Crippen LogP contribution in [0.15, 0.2) is 52.2 Å². The Morgan fingerprint density at radius 2 is 2.00 bits per heavy atom. The van der Waals surface area contributed by atoms with Crippen LogP contribution in [0, 0.1) is 0 Å². The number of aliphatic hydroxyl groups excluding tert-OH is 1. The van der Waals surface area contributed by atoms with Crippen molar-refractivity contribution >= 4 is 18.0 Å². The Morgan fingerprint density at radius 1 is 1.21 bits per heavy atom. The number of hydrazone groups is 1. The molecule has 0 radical (unpaired) electrons. The van der Waals surface area contributed by atoms with Gasteiger partial charge in [-0.15, -0.1) is 0 Å². The number of amides is 2. The first-order valence-electron chi connectivity index (χ1n) is 7.12. The number of aliphatic hydroxyl groups is 1. The summed E-state index contributed by atoms with van der Waals surface area (Å²) in [5, 5.41) is 14.9. The number of nitrogens with zero attached hydrogens (tertiary/aromatic N) is 1. The van der Waals surface area contributed by atoms with Crippen molar-refractivity contribution in [1.29, 1.82) is 0 Å². The predicted octanol–water partition coefficient (Wildman–Crippen LogP) is 0.417. The van der Waals surface area contributed by atoms with Crippen LogP contribution in [-0.2, 0) is 16.1 Å². The largest absolute Gasteiger partial charge is 0.484 e. The molecule has 0 aliphatic rings. The number of carbonyl (C=O) groups excluding carboxylic acids is 2. The third-order valence-corrected chi connectivity index (χ3v) is 2.84. The summed E-state index contributed by atoms with van der Waals surface area (Å²) in [4.78, 5) is 22.4. The number of hydrogen-bond donors (Lipinski definition) is 3. The van der Waals surface area contributed by atoms with E-state index >= 15 is 0 Å². The number of rotatable bonds is 8. The van der Waals surface area contributed by atoms with Crippen LogP contribution in [0.25, 0.3) is 0 Å². The molecule has 1 heterocycles. The van der Waals surface area contributed by atoms with Crippen molar-refractivity contribution in [3.05, 3.63) is 54.0 Å². The average molecular weight is 331 g/mol. The first-order chi connectivity index (χ1) is 11.7.